The highest BCUT2D eigenvalue weighted by Crippen LogP contribution is 2.27. The molecule has 1 fully saturated rings. The van der Waals surface area contributed by atoms with E-state index >= 15 is 0 Å². The molecule has 0 bridgehead atoms. The Morgan fingerprint density at radius 1 is 1.16 bits per heavy atom. The number of benzene rings is 1. The van der Waals surface area contributed by atoms with Crippen molar-refractivity contribution in [3.8, 4) is 5.75 Å². The van der Waals surface area contributed by atoms with E-state index in [9.17, 15) is 4.39 Å². The number of rotatable bonds is 11. The van der Waals surface area contributed by atoms with Crippen LogP contribution >= 0.6 is 0 Å². The minimum Gasteiger partial charge on any atom is -0.493 e. The topological polar surface area (TPSA) is 62.3 Å². The van der Waals surface area contributed by atoms with E-state index < -0.39 is 5.67 Å². The van der Waals surface area contributed by atoms with Crippen molar-refractivity contribution in [1.29, 1.82) is 0 Å². The molecule has 0 aliphatic carbocycles. The normalized spacial score (nSPS) is 14.6. The van der Waals surface area contributed by atoms with E-state index in [1.54, 1.807) is 27.0 Å². The van der Waals surface area contributed by atoms with Crippen molar-refractivity contribution in [2.45, 2.75) is 58.5 Å². The fourth-order valence-corrected chi connectivity index (χ4v) is 3.87. The summed E-state index contributed by atoms with van der Waals surface area (Å²) in [5.41, 5.74) is 1.34. The van der Waals surface area contributed by atoms with Crippen LogP contribution in [0.3, 0.4) is 0 Å². The monoisotopic (exact) mass is 429 g/mol. The minimum absolute atomic E-state index is 0.221. The Kier molecular flexibility index (Phi) is 8.07. The molecule has 1 aliphatic heterocycles. The van der Waals surface area contributed by atoms with Gasteiger partial charge < -0.3 is 20.3 Å². The quantitative estimate of drug-likeness (QED) is 0.491. The number of aromatic nitrogens is 2. The highest BCUT2D eigenvalue weighted by atomic mass is 19.1. The van der Waals surface area contributed by atoms with Crippen LogP contribution in [0.1, 0.15) is 51.3 Å². The SMILES string of the molecule is CCc1ccc(Nc2nc(CC(C)(C)F)cc(NC)n2)cc1OCCCN1CCCC1. The molecule has 170 valence electrons. The first-order chi connectivity index (χ1) is 14.9. The molecule has 0 spiro atoms. The first kappa shape index (κ1) is 23.3. The van der Waals surface area contributed by atoms with E-state index in [0.717, 1.165) is 30.8 Å². The number of nitrogens with one attached hydrogen (secondary N) is 2. The van der Waals surface area contributed by atoms with Gasteiger partial charge in [0.25, 0.3) is 0 Å². The molecular formula is C24H36FN5O. The average molecular weight is 430 g/mol. The summed E-state index contributed by atoms with van der Waals surface area (Å²) >= 11 is 0. The molecule has 7 heteroatoms. The third-order valence-electron chi connectivity index (χ3n) is 5.42. The molecule has 0 amide bonds. The Hall–Kier alpha value is -2.41. The van der Waals surface area contributed by atoms with E-state index in [1.807, 2.05) is 12.1 Å². The van der Waals surface area contributed by atoms with Crippen molar-refractivity contribution in [3.05, 3.63) is 35.5 Å². The van der Waals surface area contributed by atoms with Gasteiger partial charge in [0, 0.05) is 37.8 Å². The largest absolute Gasteiger partial charge is 0.493 e. The Bertz CT molecular complexity index is 846. The molecule has 3 rings (SSSR count). The predicted molar refractivity (Wildman–Crippen MR) is 125 cm³/mol. The third-order valence-corrected chi connectivity index (χ3v) is 5.42. The van der Waals surface area contributed by atoms with E-state index in [2.05, 4.69) is 38.5 Å². The smallest absolute Gasteiger partial charge is 0.229 e. The van der Waals surface area contributed by atoms with Crippen molar-refractivity contribution in [2.24, 2.45) is 0 Å². The van der Waals surface area contributed by atoms with Gasteiger partial charge in [0.15, 0.2) is 0 Å². The summed E-state index contributed by atoms with van der Waals surface area (Å²) in [4.78, 5) is 11.5. The molecule has 6 nitrogen and oxygen atoms in total. The lowest BCUT2D eigenvalue weighted by atomic mass is 10.0. The third kappa shape index (κ3) is 7.35. The van der Waals surface area contributed by atoms with Gasteiger partial charge in [-0.1, -0.05) is 13.0 Å². The second-order valence-electron chi connectivity index (χ2n) is 8.77. The van der Waals surface area contributed by atoms with Crippen molar-refractivity contribution in [2.75, 3.05) is 43.9 Å². The van der Waals surface area contributed by atoms with Crippen LogP contribution in [-0.4, -0.2) is 53.8 Å². The summed E-state index contributed by atoms with van der Waals surface area (Å²) < 4.78 is 20.3. The van der Waals surface area contributed by atoms with Gasteiger partial charge in [0.1, 0.15) is 17.2 Å². The number of hydrogen-bond acceptors (Lipinski definition) is 6. The zero-order valence-electron chi connectivity index (χ0n) is 19.3. The summed E-state index contributed by atoms with van der Waals surface area (Å²) in [5, 5.41) is 6.28. The van der Waals surface area contributed by atoms with Crippen molar-refractivity contribution in [3.63, 3.8) is 0 Å². The van der Waals surface area contributed by atoms with Crippen LogP contribution in [0.4, 0.5) is 21.8 Å². The fourth-order valence-electron chi connectivity index (χ4n) is 3.87. The Labute approximate surface area is 185 Å². The number of ether oxygens (including phenoxy) is 1. The van der Waals surface area contributed by atoms with Crippen LogP contribution in [-0.2, 0) is 12.8 Å². The molecule has 0 unspecified atom stereocenters. The standard InChI is InChI=1S/C24H36FN5O/c1-5-18-9-10-19(15-21(18)31-14-8-13-30-11-6-7-12-30)27-23-28-20(17-24(2,3)25)16-22(26-4)29-23/h9-10,15-16H,5-8,11-14,17H2,1-4H3,(H2,26,27,28,29). The molecule has 1 aliphatic rings. The Morgan fingerprint density at radius 3 is 2.61 bits per heavy atom. The molecule has 1 aromatic carbocycles. The van der Waals surface area contributed by atoms with Crippen molar-refractivity contribution in [1.82, 2.24) is 14.9 Å². The van der Waals surface area contributed by atoms with Crippen LogP contribution in [0, 0.1) is 0 Å². The van der Waals surface area contributed by atoms with Gasteiger partial charge in [-0.2, -0.15) is 4.98 Å². The minimum atomic E-state index is -1.34. The Morgan fingerprint density at radius 2 is 1.94 bits per heavy atom. The lowest BCUT2D eigenvalue weighted by Gasteiger charge is -2.17. The van der Waals surface area contributed by atoms with Crippen molar-refractivity contribution >= 4 is 17.5 Å². The number of hydrogen-bond donors (Lipinski definition) is 2. The zero-order chi connectivity index (χ0) is 22.3. The maximum Gasteiger partial charge on any atom is 0.229 e. The zero-order valence-corrected chi connectivity index (χ0v) is 19.3. The molecule has 2 N–H and O–H groups in total. The van der Waals surface area contributed by atoms with E-state index in [4.69, 9.17) is 4.74 Å². The molecule has 0 saturated carbocycles. The number of alkyl halides is 1. The van der Waals surface area contributed by atoms with Crippen molar-refractivity contribution < 1.29 is 9.13 Å². The summed E-state index contributed by atoms with van der Waals surface area (Å²) in [5.74, 6) is 1.99. The summed E-state index contributed by atoms with van der Waals surface area (Å²) in [6.07, 6.45) is 4.78. The summed E-state index contributed by atoms with van der Waals surface area (Å²) in [7, 11) is 1.79. The van der Waals surface area contributed by atoms with Gasteiger partial charge in [-0.25, -0.2) is 9.37 Å². The van der Waals surface area contributed by atoms with E-state index in [1.165, 1.54) is 31.5 Å². The van der Waals surface area contributed by atoms with Gasteiger partial charge in [0.05, 0.1) is 12.3 Å². The molecule has 0 radical (unpaired) electrons. The van der Waals surface area contributed by atoms with Gasteiger partial charge >= 0.3 is 0 Å². The van der Waals surface area contributed by atoms with E-state index in [0.29, 0.717) is 24.1 Å². The van der Waals surface area contributed by atoms with Crippen LogP contribution in [0.5, 0.6) is 5.75 Å². The first-order valence-electron chi connectivity index (χ1n) is 11.4. The highest BCUT2D eigenvalue weighted by molar-refractivity contribution is 5.59. The number of likely N-dealkylation sites (tertiary alicyclic amines) is 1. The van der Waals surface area contributed by atoms with Gasteiger partial charge in [-0.15, -0.1) is 0 Å². The summed E-state index contributed by atoms with van der Waals surface area (Å²) in [6.45, 7) is 9.46. The maximum absolute atomic E-state index is 14.1. The van der Waals surface area contributed by atoms with Crippen LogP contribution in [0.2, 0.25) is 0 Å². The van der Waals surface area contributed by atoms with E-state index in [-0.39, 0.29) is 6.42 Å². The summed E-state index contributed by atoms with van der Waals surface area (Å²) in [6, 6.07) is 7.86. The van der Waals surface area contributed by atoms with Gasteiger partial charge in [-0.3, -0.25) is 0 Å². The second kappa shape index (κ2) is 10.8. The molecule has 0 atom stereocenters. The van der Waals surface area contributed by atoms with Crippen LogP contribution in [0.15, 0.2) is 24.3 Å². The predicted octanol–water partition coefficient (Wildman–Crippen LogP) is 4.98. The maximum atomic E-state index is 14.1. The first-order valence-corrected chi connectivity index (χ1v) is 11.4. The molecule has 2 aromatic rings. The lowest BCUT2D eigenvalue weighted by molar-refractivity contribution is 0.215. The van der Waals surface area contributed by atoms with Crippen LogP contribution < -0.4 is 15.4 Å². The lowest BCUT2D eigenvalue weighted by Crippen LogP contribution is -2.22. The number of halogens is 1. The number of anilines is 3. The molecular weight excluding hydrogens is 393 g/mol. The fraction of sp³-hybridized carbons (Fsp3) is 0.583. The molecule has 2 heterocycles. The molecule has 1 aromatic heterocycles. The average Bonchev–Trinajstić information content (AvgIpc) is 3.23. The number of nitrogens with zero attached hydrogens (tertiary/aromatic N) is 3. The van der Waals surface area contributed by atoms with Gasteiger partial charge in [-0.05, 0) is 64.3 Å². The molecule has 1 saturated heterocycles. The van der Waals surface area contributed by atoms with Crippen LogP contribution in [0.25, 0.3) is 0 Å². The Balaban J connectivity index is 1.68. The molecule has 31 heavy (non-hydrogen) atoms. The number of aryl methyl sites for hydroxylation is 1. The second-order valence-corrected chi connectivity index (χ2v) is 8.77. The van der Waals surface area contributed by atoms with Gasteiger partial charge in [0.2, 0.25) is 5.95 Å². The highest BCUT2D eigenvalue weighted by Gasteiger charge is 2.18.